The van der Waals surface area contributed by atoms with Crippen LogP contribution in [0.1, 0.15) is 28.8 Å². The van der Waals surface area contributed by atoms with E-state index in [2.05, 4.69) is 15.5 Å². The molecule has 2 aliphatic heterocycles. The molecular formula is C19H18ClN3O2. The second-order valence-electron chi connectivity index (χ2n) is 6.38. The van der Waals surface area contributed by atoms with Gasteiger partial charge in [0.05, 0.1) is 11.4 Å². The number of hydrogen-bond acceptors (Lipinski definition) is 3. The number of benzene rings is 2. The monoisotopic (exact) mass is 355 g/mol. The van der Waals surface area contributed by atoms with Crippen molar-refractivity contribution in [2.45, 2.75) is 25.4 Å². The Morgan fingerprint density at radius 3 is 2.84 bits per heavy atom. The molecule has 2 aromatic carbocycles. The molecule has 1 fully saturated rings. The van der Waals surface area contributed by atoms with Crippen LogP contribution in [0.2, 0.25) is 5.02 Å². The lowest BCUT2D eigenvalue weighted by molar-refractivity contribution is -0.117. The van der Waals surface area contributed by atoms with Crippen LogP contribution in [0.3, 0.4) is 0 Å². The Labute approximate surface area is 151 Å². The SMILES string of the molecule is O=C(NCc1ccc(Cl)cc1)c1ccc2c(c1)NC(=O)[C@H]1CCCN21. The Morgan fingerprint density at radius 2 is 2.04 bits per heavy atom. The van der Waals surface area contributed by atoms with E-state index in [1.165, 1.54) is 0 Å². The number of carbonyl (C=O) groups is 2. The maximum atomic E-state index is 12.4. The van der Waals surface area contributed by atoms with Gasteiger partial charge >= 0.3 is 0 Å². The summed E-state index contributed by atoms with van der Waals surface area (Å²) in [5, 5.41) is 6.49. The first kappa shape index (κ1) is 16.0. The van der Waals surface area contributed by atoms with E-state index >= 15 is 0 Å². The van der Waals surface area contributed by atoms with E-state index in [1.807, 2.05) is 24.3 Å². The highest BCUT2D eigenvalue weighted by atomic mass is 35.5. The fraction of sp³-hybridized carbons (Fsp3) is 0.263. The van der Waals surface area contributed by atoms with Crippen molar-refractivity contribution in [3.8, 4) is 0 Å². The van der Waals surface area contributed by atoms with Gasteiger partial charge in [-0.05, 0) is 48.7 Å². The van der Waals surface area contributed by atoms with Gasteiger partial charge in [0.25, 0.3) is 5.91 Å². The Morgan fingerprint density at radius 1 is 1.24 bits per heavy atom. The molecule has 6 heteroatoms. The highest BCUT2D eigenvalue weighted by molar-refractivity contribution is 6.30. The van der Waals surface area contributed by atoms with E-state index in [4.69, 9.17) is 11.6 Å². The van der Waals surface area contributed by atoms with E-state index in [-0.39, 0.29) is 17.9 Å². The molecule has 0 radical (unpaired) electrons. The molecule has 0 saturated carbocycles. The molecule has 0 spiro atoms. The fourth-order valence-electron chi connectivity index (χ4n) is 3.46. The van der Waals surface area contributed by atoms with Crippen LogP contribution in [0.25, 0.3) is 0 Å². The number of nitrogens with one attached hydrogen (secondary N) is 2. The summed E-state index contributed by atoms with van der Waals surface area (Å²) < 4.78 is 0. The minimum absolute atomic E-state index is 0.0173. The number of carbonyl (C=O) groups excluding carboxylic acids is 2. The molecule has 1 atom stereocenters. The van der Waals surface area contributed by atoms with Crippen LogP contribution in [-0.4, -0.2) is 24.4 Å². The van der Waals surface area contributed by atoms with Crippen LogP contribution >= 0.6 is 11.6 Å². The summed E-state index contributed by atoms with van der Waals surface area (Å²) in [4.78, 5) is 26.7. The van der Waals surface area contributed by atoms with Gasteiger partial charge in [-0.15, -0.1) is 0 Å². The van der Waals surface area contributed by atoms with Gasteiger partial charge in [0.1, 0.15) is 6.04 Å². The van der Waals surface area contributed by atoms with Gasteiger partial charge in [-0.2, -0.15) is 0 Å². The summed E-state index contributed by atoms with van der Waals surface area (Å²) in [6, 6.07) is 12.8. The molecule has 25 heavy (non-hydrogen) atoms. The molecule has 0 aliphatic carbocycles. The van der Waals surface area contributed by atoms with E-state index in [0.29, 0.717) is 22.8 Å². The predicted octanol–water partition coefficient (Wildman–Crippen LogP) is 3.19. The van der Waals surface area contributed by atoms with Crippen LogP contribution in [0.4, 0.5) is 11.4 Å². The Balaban J connectivity index is 1.49. The number of amides is 2. The maximum Gasteiger partial charge on any atom is 0.251 e. The molecule has 0 bridgehead atoms. The second-order valence-corrected chi connectivity index (χ2v) is 6.82. The Hall–Kier alpha value is -2.53. The van der Waals surface area contributed by atoms with Gasteiger partial charge < -0.3 is 15.5 Å². The summed E-state index contributed by atoms with van der Waals surface area (Å²) in [7, 11) is 0. The number of hydrogen-bond donors (Lipinski definition) is 2. The molecule has 128 valence electrons. The Bertz CT molecular complexity index is 835. The zero-order valence-corrected chi connectivity index (χ0v) is 14.3. The number of nitrogens with zero attached hydrogens (tertiary/aromatic N) is 1. The molecule has 2 amide bonds. The van der Waals surface area contributed by atoms with Gasteiger partial charge in [0, 0.05) is 23.7 Å². The number of rotatable bonds is 3. The number of anilines is 2. The smallest absolute Gasteiger partial charge is 0.251 e. The van der Waals surface area contributed by atoms with Crippen molar-refractivity contribution in [2.75, 3.05) is 16.8 Å². The lowest BCUT2D eigenvalue weighted by Gasteiger charge is -2.33. The molecule has 4 rings (SSSR count). The summed E-state index contributed by atoms with van der Waals surface area (Å²) in [5.41, 5.74) is 3.22. The van der Waals surface area contributed by atoms with Crippen molar-refractivity contribution in [1.29, 1.82) is 0 Å². The molecule has 2 N–H and O–H groups in total. The molecule has 2 aliphatic rings. The van der Waals surface area contributed by atoms with Crippen molar-refractivity contribution in [1.82, 2.24) is 5.32 Å². The predicted molar refractivity (Wildman–Crippen MR) is 98.1 cm³/mol. The Kier molecular flexibility index (Phi) is 4.09. The van der Waals surface area contributed by atoms with Gasteiger partial charge in [-0.3, -0.25) is 9.59 Å². The van der Waals surface area contributed by atoms with E-state index in [1.54, 1.807) is 18.2 Å². The zero-order valence-electron chi connectivity index (χ0n) is 13.6. The van der Waals surface area contributed by atoms with Gasteiger partial charge in [-0.25, -0.2) is 0 Å². The third kappa shape index (κ3) is 3.07. The highest BCUT2D eigenvalue weighted by Gasteiger charge is 2.36. The first-order chi connectivity index (χ1) is 12.1. The van der Waals surface area contributed by atoms with Crippen molar-refractivity contribution in [3.63, 3.8) is 0 Å². The third-order valence-electron chi connectivity index (χ3n) is 4.75. The standard InChI is InChI=1S/C19H18ClN3O2/c20-14-6-3-12(4-7-14)11-21-18(24)13-5-8-16-15(10-13)22-19(25)17-2-1-9-23(16)17/h3-8,10,17H,1-2,9,11H2,(H,21,24)(H,22,25)/t17-/m1/s1. The summed E-state index contributed by atoms with van der Waals surface area (Å²) in [6.45, 7) is 1.31. The first-order valence-electron chi connectivity index (χ1n) is 8.36. The summed E-state index contributed by atoms with van der Waals surface area (Å²) in [6.07, 6.45) is 1.90. The average molecular weight is 356 g/mol. The quantitative estimate of drug-likeness (QED) is 0.888. The molecular weight excluding hydrogens is 338 g/mol. The van der Waals surface area contributed by atoms with Crippen LogP contribution in [0.15, 0.2) is 42.5 Å². The molecule has 0 aromatic heterocycles. The van der Waals surface area contributed by atoms with E-state index < -0.39 is 0 Å². The zero-order chi connectivity index (χ0) is 17.4. The summed E-state index contributed by atoms with van der Waals surface area (Å²) >= 11 is 5.86. The first-order valence-corrected chi connectivity index (χ1v) is 8.74. The second kappa shape index (κ2) is 6.41. The van der Waals surface area contributed by atoms with E-state index in [9.17, 15) is 9.59 Å². The summed E-state index contributed by atoms with van der Waals surface area (Å²) in [5.74, 6) is -0.153. The van der Waals surface area contributed by atoms with Crippen LogP contribution in [0.5, 0.6) is 0 Å². The number of fused-ring (bicyclic) bond motifs is 3. The van der Waals surface area contributed by atoms with Gasteiger partial charge in [0.15, 0.2) is 0 Å². The van der Waals surface area contributed by atoms with Crippen molar-refractivity contribution in [2.24, 2.45) is 0 Å². The minimum atomic E-state index is -0.171. The highest BCUT2D eigenvalue weighted by Crippen LogP contribution is 2.37. The average Bonchev–Trinajstić information content (AvgIpc) is 3.11. The van der Waals surface area contributed by atoms with Crippen molar-refractivity contribution in [3.05, 3.63) is 58.6 Å². The third-order valence-corrected chi connectivity index (χ3v) is 5.00. The lowest BCUT2D eigenvalue weighted by Crippen LogP contribution is -2.44. The largest absolute Gasteiger partial charge is 0.358 e. The van der Waals surface area contributed by atoms with Crippen molar-refractivity contribution < 1.29 is 9.59 Å². The minimum Gasteiger partial charge on any atom is -0.358 e. The van der Waals surface area contributed by atoms with Crippen LogP contribution in [0, 0.1) is 0 Å². The maximum absolute atomic E-state index is 12.4. The molecule has 2 heterocycles. The van der Waals surface area contributed by atoms with Crippen LogP contribution in [-0.2, 0) is 11.3 Å². The molecule has 2 aromatic rings. The topological polar surface area (TPSA) is 61.4 Å². The number of halogens is 1. The van der Waals surface area contributed by atoms with Gasteiger partial charge in [-0.1, -0.05) is 23.7 Å². The van der Waals surface area contributed by atoms with Crippen LogP contribution < -0.4 is 15.5 Å². The fourth-order valence-corrected chi connectivity index (χ4v) is 3.58. The molecule has 5 nitrogen and oxygen atoms in total. The van der Waals surface area contributed by atoms with E-state index in [0.717, 1.165) is 30.6 Å². The molecule has 1 saturated heterocycles. The lowest BCUT2D eigenvalue weighted by atomic mass is 10.1. The van der Waals surface area contributed by atoms with Gasteiger partial charge in [0.2, 0.25) is 5.91 Å². The normalized spacial score (nSPS) is 18.4. The molecule has 0 unspecified atom stereocenters. The van der Waals surface area contributed by atoms with Crippen molar-refractivity contribution >= 4 is 34.8 Å².